The topological polar surface area (TPSA) is 50.1 Å². The van der Waals surface area contributed by atoms with Crippen LogP contribution in [0.25, 0.3) is 0 Å². The first-order chi connectivity index (χ1) is 7.08. The van der Waals surface area contributed by atoms with Gasteiger partial charge in [-0.05, 0) is 17.7 Å². The molecule has 1 aromatic rings. The van der Waals surface area contributed by atoms with Crippen molar-refractivity contribution in [3.8, 4) is 6.07 Å². The van der Waals surface area contributed by atoms with Crippen molar-refractivity contribution in [2.75, 3.05) is 7.11 Å². The Morgan fingerprint density at radius 2 is 2.33 bits per heavy atom. The van der Waals surface area contributed by atoms with Gasteiger partial charge in [-0.3, -0.25) is 4.79 Å². The molecule has 15 heavy (non-hydrogen) atoms. The fraction of sp³-hybridized carbons (Fsp3) is 0.200. The zero-order chi connectivity index (χ0) is 11.4. The van der Waals surface area contributed by atoms with Crippen molar-refractivity contribution < 1.29 is 9.53 Å². The van der Waals surface area contributed by atoms with Gasteiger partial charge in [0.25, 0.3) is 0 Å². The first-order valence-corrected chi connectivity index (χ1v) is 5.20. The Balaban J connectivity index is 3.16. The fourth-order valence-electron chi connectivity index (χ4n) is 1.12. The summed E-state index contributed by atoms with van der Waals surface area (Å²) in [6.07, 6.45) is 0.0402. The number of hydrogen-bond acceptors (Lipinski definition) is 3. The highest BCUT2D eigenvalue weighted by Crippen LogP contribution is 2.25. The van der Waals surface area contributed by atoms with Gasteiger partial charge in [0.15, 0.2) is 0 Å². The van der Waals surface area contributed by atoms with E-state index in [1.807, 2.05) is 6.07 Å². The Morgan fingerprint density at radius 1 is 1.67 bits per heavy atom. The standard InChI is InChI=1S/C10H7BrClNO2/c1-15-10(14)3-6-2-7(11)4-9(12)8(6)5-13/h2,4H,3H2,1H3. The summed E-state index contributed by atoms with van der Waals surface area (Å²) < 4.78 is 5.25. The van der Waals surface area contributed by atoms with Gasteiger partial charge in [-0.15, -0.1) is 0 Å². The number of methoxy groups -OCH3 is 1. The highest BCUT2D eigenvalue weighted by molar-refractivity contribution is 9.10. The van der Waals surface area contributed by atoms with E-state index >= 15 is 0 Å². The Labute approximate surface area is 101 Å². The molecule has 0 amide bonds. The van der Waals surface area contributed by atoms with E-state index in [1.165, 1.54) is 7.11 Å². The SMILES string of the molecule is COC(=O)Cc1cc(Br)cc(Cl)c1C#N. The quantitative estimate of drug-likeness (QED) is 0.786. The molecule has 0 aliphatic rings. The molecule has 0 bridgehead atoms. The molecular formula is C10H7BrClNO2. The molecule has 0 aliphatic heterocycles. The summed E-state index contributed by atoms with van der Waals surface area (Å²) in [4.78, 5) is 11.1. The van der Waals surface area contributed by atoms with Crippen LogP contribution >= 0.6 is 27.5 Å². The second kappa shape index (κ2) is 5.15. The zero-order valence-electron chi connectivity index (χ0n) is 7.88. The van der Waals surface area contributed by atoms with E-state index in [2.05, 4.69) is 20.7 Å². The lowest BCUT2D eigenvalue weighted by Crippen LogP contribution is -2.06. The van der Waals surface area contributed by atoms with Gasteiger partial charge in [0.05, 0.1) is 24.1 Å². The Kier molecular flexibility index (Phi) is 4.13. The molecule has 0 saturated heterocycles. The van der Waals surface area contributed by atoms with Gasteiger partial charge in [0.2, 0.25) is 0 Å². The second-order valence-electron chi connectivity index (χ2n) is 2.79. The van der Waals surface area contributed by atoms with Crippen LogP contribution < -0.4 is 0 Å². The molecule has 0 spiro atoms. The third-order valence-corrected chi connectivity index (χ3v) is 2.57. The molecule has 1 rings (SSSR count). The van der Waals surface area contributed by atoms with Crippen molar-refractivity contribution in [2.24, 2.45) is 0 Å². The Hall–Kier alpha value is -1.05. The minimum absolute atomic E-state index is 0.0402. The maximum absolute atomic E-state index is 11.1. The van der Waals surface area contributed by atoms with Crippen LogP contribution in [0.15, 0.2) is 16.6 Å². The summed E-state index contributed by atoms with van der Waals surface area (Å²) in [6, 6.07) is 5.25. The third-order valence-electron chi connectivity index (χ3n) is 1.81. The fourth-order valence-corrected chi connectivity index (χ4v) is 2.04. The van der Waals surface area contributed by atoms with Crippen molar-refractivity contribution in [1.29, 1.82) is 5.26 Å². The number of nitrogens with zero attached hydrogens (tertiary/aromatic N) is 1. The van der Waals surface area contributed by atoms with Gasteiger partial charge in [-0.1, -0.05) is 27.5 Å². The van der Waals surface area contributed by atoms with Gasteiger partial charge in [-0.25, -0.2) is 0 Å². The van der Waals surface area contributed by atoms with Crippen LogP contribution in [0.1, 0.15) is 11.1 Å². The maximum Gasteiger partial charge on any atom is 0.310 e. The van der Waals surface area contributed by atoms with Crippen LogP contribution in [0.5, 0.6) is 0 Å². The van der Waals surface area contributed by atoms with E-state index in [1.54, 1.807) is 12.1 Å². The molecule has 78 valence electrons. The summed E-state index contributed by atoms with van der Waals surface area (Å²) in [6.45, 7) is 0. The molecule has 0 atom stereocenters. The maximum atomic E-state index is 11.1. The molecular weight excluding hydrogens is 281 g/mol. The second-order valence-corrected chi connectivity index (χ2v) is 4.11. The number of ether oxygens (including phenoxy) is 1. The van der Waals surface area contributed by atoms with Gasteiger partial charge in [0.1, 0.15) is 6.07 Å². The smallest absolute Gasteiger partial charge is 0.310 e. The van der Waals surface area contributed by atoms with Crippen molar-refractivity contribution >= 4 is 33.5 Å². The van der Waals surface area contributed by atoms with Crippen LogP contribution in [0.2, 0.25) is 5.02 Å². The Bertz CT molecular complexity index is 440. The van der Waals surface area contributed by atoms with E-state index in [-0.39, 0.29) is 6.42 Å². The van der Waals surface area contributed by atoms with Gasteiger partial charge in [-0.2, -0.15) is 5.26 Å². The van der Waals surface area contributed by atoms with Crippen molar-refractivity contribution in [1.82, 2.24) is 0 Å². The van der Waals surface area contributed by atoms with Crippen molar-refractivity contribution in [2.45, 2.75) is 6.42 Å². The van der Waals surface area contributed by atoms with Gasteiger partial charge in [0, 0.05) is 4.47 Å². The summed E-state index contributed by atoms with van der Waals surface area (Å²) >= 11 is 9.10. The van der Waals surface area contributed by atoms with Crippen LogP contribution in [-0.2, 0) is 16.0 Å². The minimum Gasteiger partial charge on any atom is -0.469 e. The van der Waals surface area contributed by atoms with Crippen molar-refractivity contribution in [3.63, 3.8) is 0 Å². The number of rotatable bonds is 2. The molecule has 0 heterocycles. The number of nitriles is 1. The molecule has 0 unspecified atom stereocenters. The number of hydrogen-bond donors (Lipinski definition) is 0. The number of benzene rings is 1. The summed E-state index contributed by atoms with van der Waals surface area (Å²) in [5.41, 5.74) is 0.869. The minimum atomic E-state index is -0.402. The first-order valence-electron chi connectivity index (χ1n) is 4.03. The van der Waals surface area contributed by atoms with E-state index < -0.39 is 5.97 Å². The molecule has 0 radical (unpaired) electrons. The predicted molar refractivity (Wildman–Crippen MR) is 59.6 cm³/mol. The molecule has 0 aliphatic carbocycles. The largest absolute Gasteiger partial charge is 0.469 e. The van der Waals surface area contributed by atoms with Crippen molar-refractivity contribution in [3.05, 3.63) is 32.8 Å². The molecule has 5 heteroatoms. The lowest BCUT2D eigenvalue weighted by atomic mass is 10.1. The first kappa shape index (κ1) is 12.0. The summed E-state index contributed by atoms with van der Waals surface area (Å²) in [5.74, 6) is -0.402. The monoisotopic (exact) mass is 287 g/mol. The van der Waals surface area contributed by atoms with E-state index in [4.69, 9.17) is 16.9 Å². The predicted octanol–water partition coefficient (Wildman–Crippen LogP) is 2.69. The molecule has 0 aromatic heterocycles. The van der Waals surface area contributed by atoms with Crippen LogP contribution in [-0.4, -0.2) is 13.1 Å². The van der Waals surface area contributed by atoms with Gasteiger partial charge >= 0.3 is 5.97 Å². The lowest BCUT2D eigenvalue weighted by molar-refractivity contribution is -0.139. The van der Waals surface area contributed by atoms with E-state index in [0.717, 1.165) is 4.47 Å². The summed E-state index contributed by atoms with van der Waals surface area (Å²) in [7, 11) is 1.30. The lowest BCUT2D eigenvalue weighted by Gasteiger charge is -2.05. The molecule has 0 fully saturated rings. The van der Waals surface area contributed by atoms with Gasteiger partial charge < -0.3 is 4.74 Å². The Morgan fingerprint density at radius 3 is 2.87 bits per heavy atom. The highest BCUT2D eigenvalue weighted by atomic mass is 79.9. The average molecular weight is 289 g/mol. The zero-order valence-corrected chi connectivity index (χ0v) is 10.2. The molecule has 1 aromatic carbocycles. The normalized spacial score (nSPS) is 9.47. The van der Waals surface area contributed by atoms with Crippen LogP contribution in [0, 0.1) is 11.3 Å². The number of esters is 1. The molecule has 0 saturated carbocycles. The third kappa shape index (κ3) is 2.95. The number of carbonyl (C=O) groups is 1. The van der Waals surface area contributed by atoms with Crippen LogP contribution in [0.4, 0.5) is 0 Å². The average Bonchev–Trinajstić information content (AvgIpc) is 2.17. The number of carbonyl (C=O) groups excluding carboxylic acids is 1. The molecule has 0 N–H and O–H groups in total. The molecule has 3 nitrogen and oxygen atoms in total. The van der Waals surface area contributed by atoms with Crippen LogP contribution in [0.3, 0.4) is 0 Å². The highest BCUT2D eigenvalue weighted by Gasteiger charge is 2.12. The summed E-state index contributed by atoms with van der Waals surface area (Å²) in [5, 5.41) is 9.20. The van der Waals surface area contributed by atoms with E-state index in [0.29, 0.717) is 16.1 Å². The number of halogens is 2. The van der Waals surface area contributed by atoms with E-state index in [9.17, 15) is 4.79 Å².